The Hall–Kier alpha value is -1.83. The van der Waals surface area contributed by atoms with Gasteiger partial charge < -0.3 is 4.90 Å². The molecule has 2 aromatic rings. The molecule has 86 valence electrons. The van der Waals surface area contributed by atoms with Gasteiger partial charge in [0, 0.05) is 12.2 Å². The topological polar surface area (TPSA) is 3.24 Å². The average molecular weight is 227 g/mol. The predicted molar refractivity (Wildman–Crippen MR) is 68.2 cm³/mol. The molecule has 0 N–H and O–H groups in total. The van der Waals surface area contributed by atoms with Crippen molar-refractivity contribution in [2.45, 2.75) is 12.8 Å². The maximum atomic E-state index is 13.8. The Bertz CT molecular complexity index is 536. The number of para-hydroxylation sites is 2. The molecule has 0 saturated heterocycles. The van der Waals surface area contributed by atoms with Crippen molar-refractivity contribution in [1.29, 1.82) is 0 Å². The Morgan fingerprint density at radius 1 is 0.882 bits per heavy atom. The first-order valence-corrected chi connectivity index (χ1v) is 5.96. The van der Waals surface area contributed by atoms with Gasteiger partial charge in [-0.05, 0) is 36.6 Å². The summed E-state index contributed by atoms with van der Waals surface area (Å²) in [6.45, 7) is 0.887. The molecule has 2 aromatic carbocycles. The number of hydrogen-bond acceptors (Lipinski definition) is 1. The largest absolute Gasteiger partial charge is 0.339 e. The molecule has 0 amide bonds. The Balaban J connectivity index is 2.09. The minimum atomic E-state index is -0.149. The van der Waals surface area contributed by atoms with Crippen LogP contribution in [0.5, 0.6) is 0 Å². The smallest absolute Gasteiger partial charge is 0.146 e. The fourth-order valence-electron chi connectivity index (χ4n) is 2.45. The number of halogens is 1. The summed E-state index contributed by atoms with van der Waals surface area (Å²) in [5.41, 5.74) is 3.13. The Labute approximate surface area is 101 Å². The van der Waals surface area contributed by atoms with E-state index in [1.165, 1.54) is 11.6 Å². The number of anilines is 2. The number of hydrogen-bond donors (Lipinski definition) is 0. The minimum Gasteiger partial charge on any atom is -0.339 e. The highest BCUT2D eigenvalue weighted by atomic mass is 19.1. The molecular weight excluding hydrogens is 213 g/mol. The average Bonchev–Trinajstić information content (AvgIpc) is 2.39. The van der Waals surface area contributed by atoms with E-state index in [9.17, 15) is 4.39 Å². The molecule has 0 aliphatic carbocycles. The van der Waals surface area contributed by atoms with Crippen molar-refractivity contribution in [2.24, 2.45) is 0 Å². The summed E-state index contributed by atoms with van der Waals surface area (Å²) in [5, 5.41) is 0. The second-order valence-electron chi connectivity index (χ2n) is 4.34. The lowest BCUT2D eigenvalue weighted by atomic mass is 10.0. The molecule has 2 heteroatoms. The van der Waals surface area contributed by atoms with E-state index in [1.54, 1.807) is 6.07 Å². The molecule has 17 heavy (non-hydrogen) atoms. The van der Waals surface area contributed by atoms with Crippen LogP contribution in [0.4, 0.5) is 15.8 Å². The van der Waals surface area contributed by atoms with Crippen molar-refractivity contribution in [3.8, 4) is 0 Å². The van der Waals surface area contributed by atoms with E-state index in [-0.39, 0.29) is 5.82 Å². The molecule has 0 aromatic heterocycles. The zero-order valence-corrected chi connectivity index (χ0v) is 9.57. The van der Waals surface area contributed by atoms with Crippen molar-refractivity contribution in [1.82, 2.24) is 0 Å². The molecule has 0 fully saturated rings. The van der Waals surface area contributed by atoms with Crippen molar-refractivity contribution in [3.63, 3.8) is 0 Å². The van der Waals surface area contributed by atoms with Crippen LogP contribution in [0.3, 0.4) is 0 Å². The Morgan fingerprint density at radius 3 is 2.41 bits per heavy atom. The molecule has 1 aliphatic rings. The third kappa shape index (κ3) is 1.80. The van der Waals surface area contributed by atoms with E-state index in [0.717, 1.165) is 25.1 Å². The van der Waals surface area contributed by atoms with Gasteiger partial charge in [0.05, 0.1) is 5.69 Å². The van der Waals surface area contributed by atoms with Gasteiger partial charge in [-0.1, -0.05) is 30.3 Å². The first-order chi connectivity index (χ1) is 8.36. The SMILES string of the molecule is Fc1ccccc1N1CCCc2ccccc21. The fourth-order valence-corrected chi connectivity index (χ4v) is 2.45. The summed E-state index contributed by atoms with van der Waals surface area (Å²) in [7, 11) is 0. The first-order valence-electron chi connectivity index (χ1n) is 5.96. The quantitative estimate of drug-likeness (QED) is 0.714. The molecule has 0 bridgehead atoms. The molecule has 3 rings (SSSR count). The first kappa shape index (κ1) is 10.3. The summed E-state index contributed by atoms with van der Waals surface area (Å²) < 4.78 is 13.8. The highest BCUT2D eigenvalue weighted by Crippen LogP contribution is 2.34. The molecule has 0 atom stereocenters. The number of aryl methyl sites for hydroxylation is 1. The summed E-state index contributed by atoms with van der Waals surface area (Å²) in [4.78, 5) is 2.08. The summed E-state index contributed by atoms with van der Waals surface area (Å²) >= 11 is 0. The molecule has 0 saturated carbocycles. The van der Waals surface area contributed by atoms with Crippen LogP contribution in [0.25, 0.3) is 0 Å². The van der Waals surface area contributed by atoms with Crippen LogP contribution in [0.15, 0.2) is 48.5 Å². The summed E-state index contributed by atoms with van der Waals surface area (Å²) in [6.07, 6.45) is 2.16. The molecule has 1 aliphatic heterocycles. The molecular formula is C15H14FN. The van der Waals surface area contributed by atoms with Crippen molar-refractivity contribution in [3.05, 3.63) is 59.9 Å². The van der Waals surface area contributed by atoms with Gasteiger partial charge in [-0.3, -0.25) is 0 Å². The van der Waals surface area contributed by atoms with Crippen molar-refractivity contribution >= 4 is 11.4 Å². The maximum absolute atomic E-state index is 13.8. The highest BCUT2D eigenvalue weighted by molar-refractivity contribution is 5.68. The molecule has 0 radical (unpaired) electrons. The van der Waals surface area contributed by atoms with Crippen LogP contribution >= 0.6 is 0 Å². The number of nitrogens with zero attached hydrogens (tertiary/aromatic N) is 1. The van der Waals surface area contributed by atoms with Crippen LogP contribution in [0, 0.1) is 5.82 Å². The molecule has 0 spiro atoms. The molecule has 1 heterocycles. The van der Waals surface area contributed by atoms with Crippen LogP contribution in [0.1, 0.15) is 12.0 Å². The normalized spacial score (nSPS) is 14.5. The van der Waals surface area contributed by atoms with Crippen LogP contribution in [0.2, 0.25) is 0 Å². The van der Waals surface area contributed by atoms with E-state index in [4.69, 9.17) is 0 Å². The van der Waals surface area contributed by atoms with E-state index in [2.05, 4.69) is 17.0 Å². The van der Waals surface area contributed by atoms with Gasteiger partial charge in [0.25, 0.3) is 0 Å². The summed E-state index contributed by atoms with van der Waals surface area (Å²) in [5.74, 6) is -0.149. The maximum Gasteiger partial charge on any atom is 0.146 e. The van der Waals surface area contributed by atoms with Crippen molar-refractivity contribution in [2.75, 3.05) is 11.4 Å². The third-order valence-electron chi connectivity index (χ3n) is 3.25. The third-order valence-corrected chi connectivity index (χ3v) is 3.25. The standard InChI is InChI=1S/C15H14FN/c16-13-8-2-4-10-15(13)17-11-5-7-12-6-1-3-9-14(12)17/h1-4,6,8-10H,5,7,11H2. The highest BCUT2D eigenvalue weighted by Gasteiger charge is 2.19. The van der Waals surface area contributed by atoms with Crippen LogP contribution in [-0.2, 0) is 6.42 Å². The zero-order chi connectivity index (χ0) is 11.7. The summed E-state index contributed by atoms with van der Waals surface area (Å²) in [6, 6.07) is 15.2. The van der Waals surface area contributed by atoms with Gasteiger partial charge in [-0.15, -0.1) is 0 Å². The van der Waals surface area contributed by atoms with Gasteiger partial charge >= 0.3 is 0 Å². The second-order valence-corrected chi connectivity index (χ2v) is 4.34. The van der Waals surface area contributed by atoms with E-state index in [0.29, 0.717) is 5.69 Å². The van der Waals surface area contributed by atoms with Gasteiger partial charge in [-0.2, -0.15) is 0 Å². The lowest BCUT2D eigenvalue weighted by Gasteiger charge is -2.31. The lowest BCUT2D eigenvalue weighted by molar-refractivity contribution is 0.620. The van der Waals surface area contributed by atoms with Crippen molar-refractivity contribution < 1.29 is 4.39 Å². The fraction of sp³-hybridized carbons (Fsp3) is 0.200. The van der Waals surface area contributed by atoms with E-state index >= 15 is 0 Å². The number of fused-ring (bicyclic) bond motifs is 1. The predicted octanol–water partition coefficient (Wildman–Crippen LogP) is 3.91. The van der Waals surface area contributed by atoms with E-state index < -0.39 is 0 Å². The van der Waals surface area contributed by atoms with Gasteiger partial charge in [-0.25, -0.2) is 4.39 Å². The second kappa shape index (κ2) is 4.21. The van der Waals surface area contributed by atoms with Gasteiger partial charge in [0.2, 0.25) is 0 Å². The zero-order valence-electron chi connectivity index (χ0n) is 9.57. The Morgan fingerprint density at radius 2 is 1.59 bits per heavy atom. The number of rotatable bonds is 1. The Kier molecular flexibility index (Phi) is 2.56. The van der Waals surface area contributed by atoms with Crippen LogP contribution < -0.4 is 4.90 Å². The molecule has 1 nitrogen and oxygen atoms in total. The molecule has 0 unspecified atom stereocenters. The minimum absolute atomic E-state index is 0.149. The monoisotopic (exact) mass is 227 g/mol. The van der Waals surface area contributed by atoms with Gasteiger partial charge in [0.15, 0.2) is 0 Å². The number of benzene rings is 2. The van der Waals surface area contributed by atoms with Crippen LogP contribution in [-0.4, -0.2) is 6.54 Å². The lowest BCUT2D eigenvalue weighted by Crippen LogP contribution is -2.25. The van der Waals surface area contributed by atoms with E-state index in [1.807, 2.05) is 24.3 Å². The van der Waals surface area contributed by atoms with Gasteiger partial charge in [0.1, 0.15) is 5.82 Å².